The van der Waals surface area contributed by atoms with Crippen LogP contribution >= 0.6 is 0 Å². The van der Waals surface area contributed by atoms with Crippen molar-refractivity contribution >= 4 is 12.1 Å². The van der Waals surface area contributed by atoms with Crippen LogP contribution in [0.3, 0.4) is 0 Å². The molecule has 0 spiro atoms. The van der Waals surface area contributed by atoms with Gasteiger partial charge in [-0.2, -0.15) is 0 Å². The van der Waals surface area contributed by atoms with Crippen molar-refractivity contribution in [2.45, 2.75) is 20.8 Å². The third-order valence-electron chi connectivity index (χ3n) is 1.13. The Kier molecular flexibility index (Phi) is 4.46. The first-order valence-corrected chi connectivity index (χ1v) is 3.37. The first-order valence-electron chi connectivity index (χ1n) is 3.37. The van der Waals surface area contributed by atoms with Crippen molar-refractivity contribution < 1.29 is 0 Å². The van der Waals surface area contributed by atoms with Crippen LogP contribution in [0, 0.1) is 0 Å². The molecule has 2 heteroatoms. The van der Waals surface area contributed by atoms with E-state index in [1.54, 1.807) is 6.34 Å². The quantitative estimate of drug-likeness (QED) is 0.421. The molecule has 0 bridgehead atoms. The summed E-state index contributed by atoms with van der Waals surface area (Å²) < 4.78 is 0. The molecule has 0 aliphatic heterocycles. The maximum Gasteiger partial charge on any atom is 0.110 e. The van der Waals surface area contributed by atoms with Gasteiger partial charge in [-0.3, -0.25) is 4.99 Å². The Morgan fingerprint density at radius 3 is 2.50 bits per heavy atom. The lowest BCUT2D eigenvalue weighted by atomic mass is 10.2. The summed E-state index contributed by atoms with van der Waals surface area (Å²) in [6, 6.07) is 0. The first-order chi connectivity index (χ1) is 4.68. The summed E-state index contributed by atoms with van der Waals surface area (Å²) in [5.41, 5.74) is 1.93. The lowest BCUT2D eigenvalue weighted by molar-refractivity contribution is 1.13. The van der Waals surface area contributed by atoms with E-state index < -0.39 is 0 Å². The van der Waals surface area contributed by atoms with Crippen molar-refractivity contribution in [3.05, 3.63) is 12.2 Å². The summed E-state index contributed by atoms with van der Waals surface area (Å²) in [4.78, 5) is 7.98. The zero-order valence-electron chi connectivity index (χ0n) is 6.89. The summed E-state index contributed by atoms with van der Waals surface area (Å²) in [5, 5.41) is 0. The van der Waals surface area contributed by atoms with Crippen molar-refractivity contribution in [1.29, 1.82) is 0 Å². The van der Waals surface area contributed by atoms with Gasteiger partial charge in [-0.1, -0.05) is 6.58 Å². The number of allylic oxidation sites excluding steroid dienone is 1. The molecule has 0 rings (SSSR count). The third-order valence-corrected chi connectivity index (χ3v) is 1.13. The topological polar surface area (TPSA) is 24.7 Å². The molecular weight excluding hydrogens is 124 g/mol. The highest BCUT2D eigenvalue weighted by Gasteiger charge is 1.85. The standard InChI is InChI=1S/C8H14N2/c1-5-9-6-10-8(4)7(2)3/h6H,2,5H2,1,3-4H3. The average molecular weight is 138 g/mol. The Labute approximate surface area is 62.4 Å². The van der Waals surface area contributed by atoms with Crippen LogP contribution in [-0.2, 0) is 0 Å². The zero-order valence-corrected chi connectivity index (χ0v) is 6.89. The Balaban J connectivity index is 3.92. The van der Waals surface area contributed by atoms with Gasteiger partial charge in [0.05, 0.1) is 0 Å². The fraction of sp³-hybridized carbons (Fsp3) is 0.500. The highest BCUT2D eigenvalue weighted by atomic mass is 14.8. The van der Waals surface area contributed by atoms with Crippen LogP contribution in [0.25, 0.3) is 0 Å². The molecule has 2 nitrogen and oxygen atoms in total. The normalized spacial score (nSPS) is 12.5. The monoisotopic (exact) mass is 138 g/mol. The number of hydrogen-bond donors (Lipinski definition) is 0. The summed E-state index contributed by atoms with van der Waals surface area (Å²) in [7, 11) is 0. The minimum Gasteiger partial charge on any atom is -0.274 e. The van der Waals surface area contributed by atoms with Gasteiger partial charge in [-0.15, -0.1) is 0 Å². The Hall–Kier alpha value is -0.920. The van der Waals surface area contributed by atoms with Crippen LogP contribution in [0.2, 0.25) is 0 Å². The van der Waals surface area contributed by atoms with Crippen LogP contribution in [0.1, 0.15) is 20.8 Å². The first kappa shape index (κ1) is 9.08. The molecule has 0 aliphatic rings. The molecule has 0 aromatic rings. The van der Waals surface area contributed by atoms with E-state index >= 15 is 0 Å². The number of nitrogens with zero attached hydrogens (tertiary/aromatic N) is 2. The predicted molar refractivity (Wildman–Crippen MR) is 47.0 cm³/mol. The van der Waals surface area contributed by atoms with E-state index in [1.165, 1.54) is 0 Å². The second-order valence-corrected chi connectivity index (χ2v) is 2.11. The van der Waals surface area contributed by atoms with Crippen LogP contribution in [0.5, 0.6) is 0 Å². The van der Waals surface area contributed by atoms with Crippen LogP contribution in [-0.4, -0.2) is 18.6 Å². The van der Waals surface area contributed by atoms with Gasteiger partial charge in [0.15, 0.2) is 0 Å². The largest absolute Gasteiger partial charge is 0.274 e. The second kappa shape index (κ2) is 4.91. The fourth-order valence-electron chi connectivity index (χ4n) is 0.319. The molecule has 0 N–H and O–H groups in total. The molecule has 0 aromatic heterocycles. The van der Waals surface area contributed by atoms with Gasteiger partial charge >= 0.3 is 0 Å². The van der Waals surface area contributed by atoms with E-state index in [-0.39, 0.29) is 0 Å². The van der Waals surface area contributed by atoms with Gasteiger partial charge in [0, 0.05) is 12.3 Å². The van der Waals surface area contributed by atoms with Gasteiger partial charge in [0.2, 0.25) is 0 Å². The summed E-state index contributed by atoms with van der Waals surface area (Å²) in [5.74, 6) is 0. The SMILES string of the molecule is C=C(C)C(C)=NC=NCC. The van der Waals surface area contributed by atoms with Crippen molar-refractivity contribution in [3.8, 4) is 0 Å². The molecule has 0 aromatic carbocycles. The van der Waals surface area contributed by atoms with E-state index in [4.69, 9.17) is 0 Å². The van der Waals surface area contributed by atoms with E-state index in [2.05, 4.69) is 16.6 Å². The zero-order chi connectivity index (χ0) is 7.98. The molecule has 0 saturated heterocycles. The fourth-order valence-corrected chi connectivity index (χ4v) is 0.319. The summed E-state index contributed by atoms with van der Waals surface area (Å²) >= 11 is 0. The maximum atomic E-state index is 4.04. The third kappa shape index (κ3) is 4.01. The molecule has 0 amide bonds. The van der Waals surface area contributed by atoms with Crippen LogP contribution in [0.4, 0.5) is 0 Å². The van der Waals surface area contributed by atoms with Crippen molar-refractivity contribution in [2.24, 2.45) is 9.98 Å². The van der Waals surface area contributed by atoms with Gasteiger partial charge in [-0.25, -0.2) is 4.99 Å². The molecule has 0 saturated carbocycles. The summed E-state index contributed by atoms with van der Waals surface area (Å²) in [6.45, 7) is 10.4. The van der Waals surface area contributed by atoms with Gasteiger partial charge in [0.25, 0.3) is 0 Å². The van der Waals surface area contributed by atoms with Crippen molar-refractivity contribution in [3.63, 3.8) is 0 Å². The molecule has 10 heavy (non-hydrogen) atoms. The minimum absolute atomic E-state index is 0.785. The Morgan fingerprint density at radius 2 is 2.10 bits per heavy atom. The van der Waals surface area contributed by atoms with E-state index in [9.17, 15) is 0 Å². The van der Waals surface area contributed by atoms with E-state index in [0.717, 1.165) is 17.8 Å². The van der Waals surface area contributed by atoms with Gasteiger partial charge in [0.1, 0.15) is 6.34 Å². The van der Waals surface area contributed by atoms with E-state index in [1.807, 2.05) is 20.8 Å². The minimum atomic E-state index is 0.785. The molecule has 0 radical (unpaired) electrons. The van der Waals surface area contributed by atoms with Crippen molar-refractivity contribution in [1.82, 2.24) is 0 Å². The Morgan fingerprint density at radius 1 is 1.50 bits per heavy atom. The molecule has 0 heterocycles. The number of aliphatic imine (C=N–C) groups is 2. The Bertz CT molecular complexity index is 166. The highest BCUT2D eigenvalue weighted by molar-refractivity contribution is 6.00. The lowest BCUT2D eigenvalue weighted by Crippen LogP contribution is -1.91. The second-order valence-electron chi connectivity index (χ2n) is 2.11. The van der Waals surface area contributed by atoms with Crippen LogP contribution < -0.4 is 0 Å². The smallest absolute Gasteiger partial charge is 0.110 e. The van der Waals surface area contributed by atoms with E-state index in [0.29, 0.717) is 0 Å². The average Bonchev–Trinajstić information content (AvgIpc) is 1.88. The highest BCUT2D eigenvalue weighted by Crippen LogP contribution is 1.89. The lowest BCUT2D eigenvalue weighted by Gasteiger charge is -1.92. The summed E-state index contributed by atoms with van der Waals surface area (Å²) in [6.07, 6.45) is 1.57. The molecule has 0 aliphatic carbocycles. The molecule has 0 atom stereocenters. The molecule has 0 fully saturated rings. The molecule has 56 valence electrons. The van der Waals surface area contributed by atoms with Gasteiger partial charge in [-0.05, 0) is 26.3 Å². The maximum absolute atomic E-state index is 4.04. The molecular formula is C8H14N2. The number of hydrogen-bond acceptors (Lipinski definition) is 1. The predicted octanol–water partition coefficient (Wildman–Crippen LogP) is 2.07. The van der Waals surface area contributed by atoms with Crippen molar-refractivity contribution in [2.75, 3.05) is 6.54 Å². The van der Waals surface area contributed by atoms with Gasteiger partial charge < -0.3 is 0 Å². The number of rotatable bonds is 3. The molecule has 0 unspecified atom stereocenters. The van der Waals surface area contributed by atoms with Crippen LogP contribution in [0.15, 0.2) is 22.1 Å².